The van der Waals surface area contributed by atoms with E-state index in [1.165, 1.54) is 18.9 Å². The number of rotatable bonds is 8. The Kier molecular flexibility index (Phi) is 7.32. The van der Waals surface area contributed by atoms with Crippen molar-refractivity contribution in [1.82, 2.24) is 15.2 Å². The van der Waals surface area contributed by atoms with E-state index in [2.05, 4.69) is 10.3 Å². The van der Waals surface area contributed by atoms with Gasteiger partial charge in [-0.3, -0.25) is 9.78 Å². The molecule has 0 bridgehead atoms. The Hall–Kier alpha value is -3.59. The predicted molar refractivity (Wildman–Crippen MR) is 131 cm³/mol. The number of carbonyl (C=O) groups is 2. The highest BCUT2D eigenvalue weighted by Gasteiger charge is 2.42. The van der Waals surface area contributed by atoms with Crippen molar-refractivity contribution in [3.8, 4) is 5.75 Å². The van der Waals surface area contributed by atoms with E-state index in [0.29, 0.717) is 30.0 Å². The van der Waals surface area contributed by atoms with Crippen LogP contribution in [-0.4, -0.2) is 41.1 Å². The van der Waals surface area contributed by atoms with E-state index in [-0.39, 0.29) is 12.3 Å². The monoisotopic (exact) mass is 478 g/mol. The van der Waals surface area contributed by atoms with Crippen molar-refractivity contribution in [2.24, 2.45) is 4.99 Å². The van der Waals surface area contributed by atoms with Gasteiger partial charge in [0, 0.05) is 30.2 Å². The number of nitrogens with one attached hydrogen (secondary N) is 1. The van der Waals surface area contributed by atoms with Crippen LogP contribution in [0.25, 0.3) is 0 Å². The van der Waals surface area contributed by atoms with Crippen molar-refractivity contribution < 1.29 is 19.1 Å². The summed E-state index contributed by atoms with van der Waals surface area (Å²) in [7, 11) is 2.96. The zero-order chi connectivity index (χ0) is 24.1. The number of esters is 1. The first-order valence-electron chi connectivity index (χ1n) is 10.9. The topological polar surface area (TPSA) is 93.1 Å². The van der Waals surface area contributed by atoms with Crippen molar-refractivity contribution in [1.29, 1.82) is 0 Å². The Balaban J connectivity index is 1.67. The van der Waals surface area contributed by atoms with Crippen LogP contribution in [-0.2, 0) is 20.9 Å². The average Bonchev–Trinajstić information content (AvgIpc) is 3.28. The Bertz CT molecular complexity index is 1180. The first kappa shape index (κ1) is 23.6. The van der Waals surface area contributed by atoms with Crippen LogP contribution in [0.2, 0.25) is 0 Å². The molecule has 2 aromatic rings. The second kappa shape index (κ2) is 10.6. The molecule has 34 heavy (non-hydrogen) atoms. The molecule has 1 aromatic carbocycles. The fraction of sp³-hybridized carbons (Fsp3) is 0.280. The molecule has 2 aliphatic rings. The maximum absolute atomic E-state index is 13.0. The van der Waals surface area contributed by atoms with Gasteiger partial charge in [0.05, 0.1) is 38.0 Å². The molecule has 3 heterocycles. The number of para-hydroxylation sites is 1. The SMILES string of the molecule is CCC1=C(C(=O)OC)[C@@H](c2ccccc2OC)N2C(CC(=O)NCc3cccnc3)=CSC2=N1. The van der Waals surface area contributed by atoms with E-state index in [0.717, 1.165) is 22.0 Å². The molecule has 2 aliphatic heterocycles. The number of benzene rings is 1. The highest BCUT2D eigenvalue weighted by molar-refractivity contribution is 8.16. The summed E-state index contributed by atoms with van der Waals surface area (Å²) < 4.78 is 10.8. The van der Waals surface area contributed by atoms with Crippen LogP contribution in [0.15, 0.2) is 76.2 Å². The van der Waals surface area contributed by atoms with Crippen molar-refractivity contribution in [3.63, 3.8) is 0 Å². The lowest BCUT2D eigenvalue weighted by Crippen LogP contribution is -2.38. The Morgan fingerprint density at radius 3 is 2.71 bits per heavy atom. The van der Waals surface area contributed by atoms with E-state index < -0.39 is 12.0 Å². The molecule has 0 saturated heterocycles. The van der Waals surface area contributed by atoms with Gasteiger partial charge in [0.25, 0.3) is 0 Å². The number of aromatic nitrogens is 1. The summed E-state index contributed by atoms with van der Waals surface area (Å²) in [6, 6.07) is 10.8. The minimum Gasteiger partial charge on any atom is -0.496 e. The summed E-state index contributed by atoms with van der Waals surface area (Å²) in [5, 5.41) is 5.57. The van der Waals surface area contributed by atoms with Gasteiger partial charge in [-0.05, 0) is 29.5 Å². The smallest absolute Gasteiger partial charge is 0.338 e. The maximum Gasteiger partial charge on any atom is 0.338 e. The van der Waals surface area contributed by atoms with Gasteiger partial charge in [-0.2, -0.15) is 0 Å². The molecule has 0 radical (unpaired) electrons. The van der Waals surface area contributed by atoms with Crippen LogP contribution < -0.4 is 10.1 Å². The Labute approximate surface area is 202 Å². The second-order valence-corrected chi connectivity index (χ2v) is 8.49. The van der Waals surface area contributed by atoms with Gasteiger partial charge in [-0.1, -0.05) is 43.0 Å². The number of pyridine rings is 1. The minimum atomic E-state index is -0.529. The number of hydrogen-bond acceptors (Lipinski definition) is 8. The molecule has 1 amide bonds. The number of aliphatic imine (C=N–C) groups is 1. The number of hydrogen-bond donors (Lipinski definition) is 1. The fourth-order valence-electron chi connectivity index (χ4n) is 4.03. The first-order valence-corrected chi connectivity index (χ1v) is 11.8. The maximum atomic E-state index is 13.0. The molecule has 0 fully saturated rings. The van der Waals surface area contributed by atoms with Crippen molar-refractivity contribution in [2.75, 3.05) is 14.2 Å². The highest BCUT2D eigenvalue weighted by Crippen LogP contribution is 2.47. The normalized spacial score (nSPS) is 17.0. The molecule has 0 unspecified atom stereocenters. The van der Waals surface area contributed by atoms with Crippen LogP contribution >= 0.6 is 11.8 Å². The van der Waals surface area contributed by atoms with Gasteiger partial charge in [0.1, 0.15) is 5.75 Å². The summed E-state index contributed by atoms with van der Waals surface area (Å²) in [4.78, 5) is 36.6. The zero-order valence-electron chi connectivity index (χ0n) is 19.3. The van der Waals surface area contributed by atoms with Gasteiger partial charge in [0.2, 0.25) is 5.91 Å². The summed E-state index contributed by atoms with van der Waals surface area (Å²) in [6.07, 6.45) is 4.11. The van der Waals surface area contributed by atoms with E-state index >= 15 is 0 Å². The predicted octanol–water partition coefficient (Wildman–Crippen LogP) is 3.93. The lowest BCUT2D eigenvalue weighted by atomic mass is 9.92. The van der Waals surface area contributed by atoms with Gasteiger partial charge < -0.3 is 19.7 Å². The largest absolute Gasteiger partial charge is 0.496 e. The minimum absolute atomic E-state index is 0.133. The number of amidine groups is 1. The molecule has 176 valence electrons. The van der Waals surface area contributed by atoms with E-state index in [1.807, 2.05) is 53.6 Å². The third-order valence-electron chi connectivity index (χ3n) is 5.62. The highest BCUT2D eigenvalue weighted by atomic mass is 32.2. The molecule has 1 atom stereocenters. The van der Waals surface area contributed by atoms with Crippen LogP contribution in [0.1, 0.15) is 36.9 Å². The lowest BCUT2D eigenvalue weighted by Gasteiger charge is -2.37. The number of fused-ring (bicyclic) bond motifs is 1. The average molecular weight is 479 g/mol. The molecule has 0 saturated carbocycles. The van der Waals surface area contributed by atoms with Crippen molar-refractivity contribution in [2.45, 2.75) is 32.4 Å². The number of allylic oxidation sites excluding steroid dienone is 1. The van der Waals surface area contributed by atoms with E-state index in [1.54, 1.807) is 19.5 Å². The fourth-order valence-corrected chi connectivity index (χ4v) is 4.97. The van der Waals surface area contributed by atoms with Gasteiger partial charge >= 0.3 is 5.97 Å². The number of thioether (sulfide) groups is 1. The molecule has 0 spiro atoms. The molecule has 1 aromatic heterocycles. The molecular formula is C25H26N4O4S. The molecular weight excluding hydrogens is 452 g/mol. The van der Waals surface area contributed by atoms with E-state index in [9.17, 15) is 9.59 Å². The molecule has 1 N–H and O–H groups in total. The number of methoxy groups -OCH3 is 2. The zero-order valence-corrected chi connectivity index (χ0v) is 20.1. The summed E-state index contributed by atoms with van der Waals surface area (Å²) >= 11 is 1.44. The van der Waals surface area contributed by atoms with Crippen LogP contribution in [0.5, 0.6) is 5.75 Å². The molecule has 8 nitrogen and oxygen atoms in total. The second-order valence-electron chi connectivity index (χ2n) is 7.66. The van der Waals surface area contributed by atoms with Crippen molar-refractivity contribution >= 4 is 28.8 Å². The number of amides is 1. The lowest BCUT2D eigenvalue weighted by molar-refractivity contribution is -0.136. The van der Waals surface area contributed by atoms with Crippen molar-refractivity contribution in [3.05, 3.63) is 82.3 Å². The molecule has 0 aliphatic carbocycles. The molecule has 9 heteroatoms. The quantitative estimate of drug-likeness (QED) is 0.575. The molecule has 4 rings (SSSR count). The third-order valence-corrected chi connectivity index (χ3v) is 6.51. The van der Waals surface area contributed by atoms with Gasteiger partial charge in [-0.15, -0.1) is 0 Å². The van der Waals surface area contributed by atoms with Gasteiger partial charge in [0.15, 0.2) is 5.17 Å². The number of carbonyl (C=O) groups excluding carboxylic acids is 2. The Morgan fingerprint density at radius 1 is 1.18 bits per heavy atom. The first-order chi connectivity index (χ1) is 16.6. The summed E-state index contributed by atoms with van der Waals surface area (Å²) in [6.45, 7) is 2.34. The standard InChI is InChI=1S/C25H26N4O4S/c1-4-19-22(24(31)33-3)23(18-9-5-6-10-20(18)32-2)29-17(15-34-25(29)28-19)12-21(30)27-14-16-8-7-11-26-13-16/h5-11,13,15,23H,4,12,14H2,1-3H3,(H,27,30)/t23-/m1/s1. The summed E-state index contributed by atoms with van der Waals surface area (Å²) in [5.74, 6) is 0.0522. The third kappa shape index (κ3) is 4.70. The number of nitrogens with zero attached hydrogens (tertiary/aromatic N) is 3. The van der Waals surface area contributed by atoms with Crippen LogP contribution in [0.4, 0.5) is 0 Å². The van der Waals surface area contributed by atoms with Gasteiger partial charge in [-0.25, -0.2) is 9.79 Å². The van der Waals surface area contributed by atoms with Crippen LogP contribution in [0.3, 0.4) is 0 Å². The van der Waals surface area contributed by atoms with E-state index in [4.69, 9.17) is 14.5 Å². The van der Waals surface area contributed by atoms with Crippen LogP contribution in [0, 0.1) is 0 Å². The summed E-state index contributed by atoms with van der Waals surface area (Å²) in [5.41, 5.74) is 3.58. The number of ether oxygens (including phenoxy) is 2. The Morgan fingerprint density at radius 2 is 2.00 bits per heavy atom.